The predicted octanol–water partition coefficient (Wildman–Crippen LogP) is 3.25. The van der Waals surface area contributed by atoms with E-state index in [1.54, 1.807) is 18.2 Å². The summed E-state index contributed by atoms with van der Waals surface area (Å²) in [5.74, 6) is -0.00911. The smallest absolute Gasteiger partial charge is 0.342 e. The fraction of sp³-hybridized carbons (Fsp3) is 0.235. The Labute approximate surface area is 124 Å². The van der Waals surface area contributed by atoms with Crippen molar-refractivity contribution in [3.8, 4) is 5.75 Å². The van der Waals surface area contributed by atoms with Crippen molar-refractivity contribution in [2.45, 2.75) is 20.5 Å². The Balaban J connectivity index is 2.09. The monoisotopic (exact) mass is 285 g/mol. The maximum absolute atomic E-state index is 12.1. The second-order valence-electron chi connectivity index (χ2n) is 4.95. The molecule has 4 heteroatoms. The maximum atomic E-state index is 12.1. The number of benzene rings is 2. The van der Waals surface area contributed by atoms with E-state index in [1.165, 1.54) is 18.2 Å². The summed E-state index contributed by atoms with van der Waals surface area (Å²) in [6.07, 6.45) is 0. The molecule has 0 aliphatic heterocycles. The first-order chi connectivity index (χ1) is 10.0. The molecule has 0 bridgehead atoms. The van der Waals surface area contributed by atoms with Crippen LogP contribution in [0.2, 0.25) is 0 Å². The minimum absolute atomic E-state index is 0.230. The van der Waals surface area contributed by atoms with E-state index in [1.807, 2.05) is 32.0 Å². The van der Waals surface area contributed by atoms with E-state index in [-0.39, 0.29) is 6.61 Å². The molecule has 110 valence electrons. The van der Waals surface area contributed by atoms with Gasteiger partial charge in [0, 0.05) is 11.8 Å². The van der Waals surface area contributed by atoms with Crippen LogP contribution < -0.4 is 10.5 Å². The summed E-state index contributed by atoms with van der Waals surface area (Å²) < 4.78 is 10.5. The molecule has 0 fully saturated rings. The van der Waals surface area contributed by atoms with Crippen molar-refractivity contribution >= 4 is 11.7 Å². The number of hydrogen-bond donors (Lipinski definition) is 1. The van der Waals surface area contributed by atoms with Gasteiger partial charge in [0.2, 0.25) is 0 Å². The van der Waals surface area contributed by atoms with Crippen LogP contribution in [0.5, 0.6) is 5.75 Å². The number of anilines is 1. The lowest BCUT2D eigenvalue weighted by molar-refractivity contribution is 0.0469. The summed E-state index contributed by atoms with van der Waals surface area (Å²) in [5.41, 5.74) is 9.92. The second kappa shape index (κ2) is 6.31. The van der Waals surface area contributed by atoms with Crippen molar-refractivity contribution < 1.29 is 14.3 Å². The number of aryl methyl sites for hydroxylation is 2. The molecule has 21 heavy (non-hydrogen) atoms. The third-order valence-electron chi connectivity index (χ3n) is 3.39. The van der Waals surface area contributed by atoms with E-state index in [9.17, 15) is 4.79 Å². The first-order valence-corrected chi connectivity index (χ1v) is 6.68. The molecule has 2 aromatic carbocycles. The van der Waals surface area contributed by atoms with Crippen LogP contribution in [-0.4, -0.2) is 13.1 Å². The molecule has 0 radical (unpaired) electrons. The summed E-state index contributed by atoms with van der Waals surface area (Å²) >= 11 is 0. The molecule has 0 heterocycles. The van der Waals surface area contributed by atoms with Gasteiger partial charge in [0.05, 0.1) is 7.11 Å². The number of hydrogen-bond acceptors (Lipinski definition) is 4. The van der Waals surface area contributed by atoms with Crippen LogP contribution in [-0.2, 0) is 11.3 Å². The Kier molecular flexibility index (Phi) is 4.48. The Morgan fingerprint density at radius 3 is 2.52 bits per heavy atom. The highest BCUT2D eigenvalue weighted by Gasteiger charge is 2.14. The first kappa shape index (κ1) is 14.9. The third-order valence-corrected chi connectivity index (χ3v) is 3.39. The quantitative estimate of drug-likeness (QED) is 0.692. The minimum atomic E-state index is -0.426. The molecular formula is C17H19NO3. The highest BCUT2D eigenvalue weighted by molar-refractivity contribution is 5.93. The van der Waals surface area contributed by atoms with Crippen LogP contribution in [0.25, 0.3) is 0 Å². The van der Waals surface area contributed by atoms with Crippen molar-refractivity contribution in [2.24, 2.45) is 0 Å². The lowest BCUT2D eigenvalue weighted by atomic mass is 10.1. The Morgan fingerprint density at radius 1 is 1.10 bits per heavy atom. The van der Waals surface area contributed by atoms with Gasteiger partial charge in [0.1, 0.15) is 17.9 Å². The zero-order chi connectivity index (χ0) is 15.4. The highest BCUT2D eigenvalue weighted by atomic mass is 16.5. The number of nitrogens with two attached hydrogens (primary N) is 1. The SMILES string of the molecule is COc1cc(N)ccc1C(=O)OCc1ccc(C)c(C)c1. The Hall–Kier alpha value is -2.49. The van der Waals surface area contributed by atoms with Crippen molar-refractivity contribution in [3.63, 3.8) is 0 Å². The standard InChI is InChI=1S/C17H19NO3/c1-11-4-5-13(8-12(11)2)10-21-17(19)15-7-6-14(18)9-16(15)20-3/h4-9H,10,18H2,1-3H3. The van der Waals surface area contributed by atoms with Gasteiger partial charge in [-0.05, 0) is 42.7 Å². The van der Waals surface area contributed by atoms with Gasteiger partial charge in [0.25, 0.3) is 0 Å². The largest absolute Gasteiger partial charge is 0.496 e. The summed E-state index contributed by atoms with van der Waals surface area (Å²) in [6, 6.07) is 10.8. The molecule has 0 aliphatic rings. The van der Waals surface area contributed by atoms with Gasteiger partial charge in [-0.3, -0.25) is 0 Å². The fourth-order valence-corrected chi connectivity index (χ4v) is 2.00. The number of carbonyl (C=O) groups is 1. The third kappa shape index (κ3) is 3.54. The van der Waals surface area contributed by atoms with E-state index < -0.39 is 5.97 Å². The van der Waals surface area contributed by atoms with Crippen LogP contribution in [0.3, 0.4) is 0 Å². The number of ether oxygens (including phenoxy) is 2. The molecule has 2 aromatic rings. The molecular weight excluding hydrogens is 266 g/mol. The van der Waals surface area contributed by atoms with E-state index in [2.05, 4.69) is 0 Å². The molecule has 2 N–H and O–H groups in total. The van der Waals surface area contributed by atoms with Crippen LogP contribution in [0.15, 0.2) is 36.4 Å². The topological polar surface area (TPSA) is 61.5 Å². The highest BCUT2D eigenvalue weighted by Crippen LogP contribution is 2.22. The van der Waals surface area contributed by atoms with E-state index in [0.29, 0.717) is 17.0 Å². The molecule has 4 nitrogen and oxygen atoms in total. The van der Waals surface area contributed by atoms with E-state index in [0.717, 1.165) is 5.56 Å². The van der Waals surface area contributed by atoms with Crippen LogP contribution in [0, 0.1) is 13.8 Å². The number of rotatable bonds is 4. The molecule has 0 spiro atoms. The van der Waals surface area contributed by atoms with Gasteiger partial charge in [-0.25, -0.2) is 4.79 Å². The maximum Gasteiger partial charge on any atom is 0.342 e. The second-order valence-corrected chi connectivity index (χ2v) is 4.95. The van der Waals surface area contributed by atoms with Crippen molar-refractivity contribution in [3.05, 3.63) is 58.7 Å². The summed E-state index contributed by atoms with van der Waals surface area (Å²) in [4.78, 5) is 12.1. The number of nitrogen functional groups attached to an aromatic ring is 1. The molecule has 0 amide bonds. The number of methoxy groups -OCH3 is 1. The van der Waals surface area contributed by atoms with E-state index >= 15 is 0 Å². The minimum Gasteiger partial charge on any atom is -0.496 e. The average Bonchev–Trinajstić information content (AvgIpc) is 2.48. The van der Waals surface area contributed by atoms with Gasteiger partial charge in [-0.1, -0.05) is 18.2 Å². The zero-order valence-electron chi connectivity index (χ0n) is 12.5. The van der Waals surface area contributed by atoms with Crippen LogP contribution in [0.1, 0.15) is 27.0 Å². The molecule has 0 aromatic heterocycles. The molecule has 0 unspecified atom stereocenters. The number of esters is 1. The Morgan fingerprint density at radius 2 is 1.86 bits per heavy atom. The van der Waals surface area contributed by atoms with Crippen molar-refractivity contribution in [1.29, 1.82) is 0 Å². The Bertz CT molecular complexity index is 665. The summed E-state index contributed by atoms with van der Waals surface area (Å²) in [6.45, 7) is 4.31. The molecule has 2 rings (SSSR count). The molecule has 0 aliphatic carbocycles. The van der Waals surface area contributed by atoms with Gasteiger partial charge < -0.3 is 15.2 Å². The van der Waals surface area contributed by atoms with Crippen LogP contribution in [0.4, 0.5) is 5.69 Å². The van der Waals surface area contributed by atoms with Gasteiger partial charge in [-0.15, -0.1) is 0 Å². The molecule has 0 atom stereocenters. The van der Waals surface area contributed by atoms with Gasteiger partial charge in [0.15, 0.2) is 0 Å². The van der Waals surface area contributed by atoms with Gasteiger partial charge >= 0.3 is 5.97 Å². The first-order valence-electron chi connectivity index (χ1n) is 6.68. The molecule has 0 saturated heterocycles. The van der Waals surface area contributed by atoms with Crippen LogP contribution >= 0.6 is 0 Å². The van der Waals surface area contributed by atoms with E-state index in [4.69, 9.17) is 15.2 Å². The summed E-state index contributed by atoms with van der Waals surface area (Å²) in [7, 11) is 1.49. The lowest BCUT2D eigenvalue weighted by Crippen LogP contribution is -2.07. The number of carbonyl (C=O) groups excluding carboxylic acids is 1. The lowest BCUT2D eigenvalue weighted by Gasteiger charge is -2.10. The normalized spacial score (nSPS) is 10.2. The predicted molar refractivity (Wildman–Crippen MR) is 82.4 cm³/mol. The zero-order valence-corrected chi connectivity index (χ0v) is 12.5. The van der Waals surface area contributed by atoms with Crippen molar-refractivity contribution in [2.75, 3.05) is 12.8 Å². The fourth-order valence-electron chi connectivity index (χ4n) is 2.00. The van der Waals surface area contributed by atoms with Gasteiger partial charge in [-0.2, -0.15) is 0 Å². The molecule has 0 saturated carbocycles. The summed E-state index contributed by atoms with van der Waals surface area (Å²) in [5, 5.41) is 0. The average molecular weight is 285 g/mol. The van der Waals surface area contributed by atoms with Crippen molar-refractivity contribution in [1.82, 2.24) is 0 Å².